The van der Waals surface area contributed by atoms with Gasteiger partial charge >= 0.3 is 5.97 Å². The molecule has 2 aromatic rings. The van der Waals surface area contributed by atoms with Crippen LogP contribution in [0.1, 0.15) is 38.2 Å². The third kappa shape index (κ3) is 4.03. The molecular weight excluding hydrogens is 360 g/mol. The van der Waals surface area contributed by atoms with Crippen LogP contribution in [-0.2, 0) is 9.59 Å². The third-order valence-electron chi connectivity index (χ3n) is 5.10. The van der Waals surface area contributed by atoms with E-state index in [9.17, 15) is 19.7 Å². The number of benzene rings is 2. The largest absolute Gasteiger partial charge is 0.426 e. The first-order valence-electron chi connectivity index (χ1n) is 9.26. The fourth-order valence-electron chi connectivity index (χ4n) is 3.26. The van der Waals surface area contributed by atoms with Crippen LogP contribution in [0.5, 0.6) is 5.75 Å². The van der Waals surface area contributed by atoms with Crippen molar-refractivity contribution in [2.45, 2.75) is 32.6 Å². The Bertz CT molecular complexity index is 894. The zero-order valence-corrected chi connectivity index (χ0v) is 15.8. The van der Waals surface area contributed by atoms with Crippen LogP contribution < -0.4 is 9.64 Å². The van der Waals surface area contributed by atoms with Crippen LogP contribution in [-0.4, -0.2) is 23.3 Å². The summed E-state index contributed by atoms with van der Waals surface area (Å²) in [5.74, 6) is -0.430. The SMILES string of the molecule is CC[C@@H](C)c1ccccc1OC(=O)[C@@H]1CC(=O)N(c2ccc([N+](=O)[O-])cc2)C1. The number of hydrogen-bond donors (Lipinski definition) is 0. The maximum absolute atomic E-state index is 12.7. The second-order valence-corrected chi connectivity index (χ2v) is 6.95. The smallest absolute Gasteiger partial charge is 0.316 e. The maximum Gasteiger partial charge on any atom is 0.316 e. The van der Waals surface area contributed by atoms with Crippen molar-refractivity contribution in [3.63, 3.8) is 0 Å². The van der Waals surface area contributed by atoms with Gasteiger partial charge < -0.3 is 9.64 Å². The van der Waals surface area contributed by atoms with Crippen LogP contribution in [0.4, 0.5) is 11.4 Å². The van der Waals surface area contributed by atoms with Gasteiger partial charge in [-0.3, -0.25) is 19.7 Å². The van der Waals surface area contributed by atoms with Crippen molar-refractivity contribution in [2.75, 3.05) is 11.4 Å². The van der Waals surface area contributed by atoms with Crippen molar-refractivity contribution in [3.8, 4) is 5.75 Å². The first-order chi connectivity index (χ1) is 13.4. The van der Waals surface area contributed by atoms with Crippen molar-refractivity contribution in [1.29, 1.82) is 0 Å². The molecule has 1 amide bonds. The molecule has 0 N–H and O–H groups in total. The Balaban J connectivity index is 1.71. The van der Waals surface area contributed by atoms with Crippen LogP contribution in [0, 0.1) is 16.0 Å². The lowest BCUT2D eigenvalue weighted by Crippen LogP contribution is -2.27. The first kappa shape index (κ1) is 19.5. The minimum Gasteiger partial charge on any atom is -0.426 e. The summed E-state index contributed by atoms with van der Waals surface area (Å²) in [4.78, 5) is 36.8. The van der Waals surface area contributed by atoms with E-state index in [2.05, 4.69) is 13.8 Å². The van der Waals surface area contributed by atoms with Gasteiger partial charge in [0.25, 0.3) is 5.69 Å². The van der Waals surface area contributed by atoms with E-state index in [4.69, 9.17) is 4.74 Å². The molecule has 7 nitrogen and oxygen atoms in total. The van der Waals surface area contributed by atoms with Crippen molar-refractivity contribution >= 4 is 23.3 Å². The number of hydrogen-bond acceptors (Lipinski definition) is 5. The molecule has 0 aliphatic carbocycles. The highest BCUT2D eigenvalue weighted by molar-refractivity contribution is 5.99. The Hall–Kier alpha value is -3.22. The number of rotatable bonds is 6. The number of carbonyl (C=O) groups excluding carboxylic acids is 2. The summed E-state index contributed by atoms with van der Waals surface area (Å²) in [5, 5.41) is 10.8. The fraction of sp³-hybridized carbons (Fsp3) is 0.333. The highest BCUT2D eigenvalue weighted by Gasteiger charge is 2.36. The minimum atomic E-state index is -0.576. The molecule has 28 heavy (non-hydrogen) atoms. The zero-order valence-electron chi connectivity index (χ0n) is 15.8. The van der Waals surface area contributed by atoms with Crippen LogP contribution in [0.2, 0.25) is 0 Å². The van der Waals surface area contributed by atoms with Crippen LogP contribution in [0.3, 0.4) is 0 Å². The van der Waals surface area contributed by atoms with E-state index in [0.717, 1.165) is 12.0 Å². The molecule has 0 bridgehead atoms. The molecule has 0 unspecified atom stereocenters. The summed E-state index contributed by atoms with van der Waals surface area (Å²) in [6.07, 6.45) is 0.978. The van der Waals surface area contributed by atoms with E-state index >= 15 is 0 Å². The average molecular weight is 382 g/mol. The monoisotopic (exact) mass is 382 g/mol. The van der Waals surface area contributed by atoms with E-state index in [1.165, 1.54) is 29.2 Å². The van der Waals surface area contributed by atoms with Gasteiger partial charge in [-0.15, -0.1) is 0 Å². The van der Waals surface area contributed by atoms with E-state index in [0.29, 0.717) is 11.4 Å². The van der Waals surface area contributed by atoms with Gasteiger partial charge in [0.15, 0.2) is 0 Å². The minimum absolute atomic E-state index is 0.0481. The van der Waals surface area contributed by atoms with Crippen molar-refractivity contribution < 1.29 is 19.2 Å². The predicted octanol–water partition coefficient (Wildman–Crippen LogP) is 4.07. The van der Waals surface area contributed by atoms with E-state index in [-0.39, 0.29) is 30.5 Å². The average Bonchev–Trinajstić information content (AvgIpc) is 3.09. The van der Waals surface area contributed by atoms with Gasteiger partial charge in [-0.1, -0.05) is 32.0 Å². The first-order valence-corrected chi connectivity index (χ1v) is 9.26. The predicted molar refractivity (Wildman–Crippen MR) is 104 cm³/mol. The van der Waals surface area contributed by atoms with Gasteiger partial charge in [0, 0.05) is 30.8 Å². The summed E-state index contributed by atoms with van der Waals surface area (Å²) in [5.41, 5.74) is 1.45. The lowest BCUT2D eigenvalue weighted by Gasteiger charge is -2.17. The second-order valence-electron chi connectivity index (χ2n) is 6.95. The van der Waals surface area contributed by atoms with Crippen LogP contribution in [0.25, 0.3) is 0 Å². The molecule has 2 aromatic carbocycles. The molecule has 2 atom stereocenters. The number of carbonyl (C=O) groups is 2. The Morgan fingerprint density at radius 2 is 1.93 bits per heavy atom. The van der Waals surface area contributed by atoms with Crippen LogP contribution in [0.15, 0.2) is 48.5 Å². The molecule has 0 spiro atoms. The molecule has 7 heteroatoms. The molecule has 3 rings (SSSR count). The van der Waals surface area contributed by atoms with Gasteiger partial charge in [-0.25, -0.2) is 0 Å². The Labute approximate surface area is 163 Å². The van der Waals surface area contributed by atoms with Gasteiger partial charge in [-0.05, 0) is 36.1 Å². The number of nitro groups is 1. The summed E-state index contributed by atoms with van der Waals surface area (Å²) < 4.78 is 5.63. The Kier molecular flexibility index (Phi) is 5.73. The molecular formula is C21H22N2O5. The zero-order chi connectivity index (χ0) is 20.3. The Morgan fingerprint density at radius 3 is 2.57 bits per heavy atom. The van der Waals surface area contributed by atoms with Crippen LogP contribution >= 0.6 is 0 Å². The molecule has 0 aromatic heterocycles. The molecule has 1 heterocycles. The van der Waals surface area contributed by atoms with Gasteiger partial charge in [0.05, 0.1) is 10.8 Å². The maximum atomic E-state index is 12.7. The number of ether oxygens (including phenoxy) is 1. The number of esters is 1. The molecule has 1 aliphatic heterocycles. The van der Waals surface area contributed by atoms with Crippen molar-refractivity contribution in [1.82, 2.24) is 0 Å². The molecule has 1 fully saturated rings. The second kappa shape index (κ2) is 8.21. The van der Waals surface area contributed by atoms with Crippen molar-refractivity contribution in [3.05, 3.63) is 64.2 Å². The van der Waals surface area contributed by atoms with Gasteiger partial charge in [0.2, 0.25) is 5.91 Å². The number of non-ortho nitro benzene ring substituents is 1. The quantitative estimate of drug-likeness (QED) is 0.325. The Morgan fingerprint density at radius 1 is 1.25 bits per heavy atom. The molecule has 146 valence electrons. The molecule has 0 radical (unpaired) electrons. The standard InChI is InChI=1S/C21H22N2O5/c1-3-14(2)18-6-4-5-7-19(18)28-21(25)15-12-20(24)22(13-15)16-8-10-17(11-9-16)23(26)27/h4-11,14-15H,3,12-13H2,1-2H3/t14-,15-/m1/s1. The fourth-order valence-corrected chi connectivity index (χ4v) is 3.26. The molecule has 0 saturated carbocycles. The number of para-hydroxylation sites is 1. The lowest BCUT2D eigenvalue weighted by molar-refractivity contribution is -0.384. The highest BCUT2D eigenvalue weighted by Crippen LogP contribution is 2.31. The number of nitrogens with zero attached hydrogens (tertiary/aromatic N) is 2. The lowest BCUT2D eigenvalue weighted by atomic mass is 9.98. The normalized spacial score (nSPS) is 17.4. The highest BCUT2D eigenvalue weighted by atomic mass is 16.6. The number of nitro benzene ring substituents is 1. The van der Waals surface area contributed by atoms with Gasteiger partial charge in [-0.2, -0.15) is 0 Å². The number of anilines is 1. The van der Waals surface area contributed by atoms with E-state index in [1.807, 2.05) is 18.2 Å². The summed E-state index contributed by atoms with van der Waals surface area (Å²) in [6, 6.07) is 13.2. The summed E-state index contributed by atoms with van der Waals surface area (Å²) >= 11 is 0. The summed E-state index contributed by atoms with van der Waals surface area (Å²) in [7, 11) is 0. The third-order valence-corrected chi connectivity index (χ3v) is 5.10. The van der Waals surface area contributed by atoms with Crippen molar-refractivity contribution in [2.24, 2.45) is 5.92 Å². The number of amides is 1. The van der Waals surface area contributed by atoms with Gasteiger partial charge in [0.1, 0.15) is 5.75 Å². The molecule has 1 saturated heterocycles. The van der Waals surface area contributed by atoms with E-state index < -0.39 is 16.8 Å². The molecule has 1 aliphatic rings. The topological polar surface area (TPSA) is 89.8 Å². The van der Waals surface area contributed by atoms with E-state index in [1.54, 1.807) is 6.07 Å². The summed E-state index contributed by atoms with van der Waals surface area (Å²) in [6.45, 7) is 4.34.